The molecular formula is C43H38N2S. The molecule has 3 aromatic carbocycles. The highest BCUT2D eigenvalue weighted by Gasteiger charge is 2.52. The van der Waals surface area contributed by atoms with Crippen LogP contribution in [0, 0.1) is 5.92 Å². The number of benzene rings is 3. The highest BCUT2D eigenvalue weighted by atomic mass is 32.1. The number of hydrogen-bond donors (Lipinski definition) is 0. The number of fused-ring (bicyclic) bond motifs is 11. The van der Waals surface area contributed by atoms with E-state index in [0.717, 1.165) is 23.5 Å². The summed E-state index contributed by atoms with van der Waals surface area (Å²) in [4.78, 5) is 10.7. The van der Waals surface area contributed by atoms with Crippen LogP contribution in [0.4, 0.5) is 0 Å². The van der Waals surface area contributed by atoms with Crippen LogP contribution in [0.25, 0.3) is 37.1 Å². The Hall–Kier alpha value is -4.08. The van der Waals surface area contributed by atoms with Gasteiger partial charge in [-0.05, 0) is 76.1 Å². The van der Waals surface area contributed by atoms with Crippen molar-refractivity contribution in [2.75, 3.05) is 0 Å². The Labute approximate surface area is 275 Å². The maximum Gasteiger partial charge on any atom is 0.136 e. The molecule has 0 bridgehead atoms. The number of nitrogens with zero attached hydrogens (tertiary/aromatic N) is 2. The summed E-state index contributed by atoms with van der Waals surface area (Å²) in [5.74, 6) is 2.05. The topological polar surface area (TPSA) is 25.8 Å². The van der Waals surface area contributed by atoms with E-state index in [4.69, 9.17) is 9.97 Å². The number of aromatic nitrogens is 2. The first-order valence-electron chi connectivity index (χ1n) is 17.2. The molecule has 0 aliphatic heterocycles. The van der Waals surface area contributed by atoms with Gasteiger partial charge in [0.05, 0.1) is 15.9 Å². The Morgan fingerprint density at radius 1 is 0.826 bits per heavy atom. The van der Waals surface area contributed by atoms with E-state index in [9.17, 15) is 0 Å². The van der Waals surface area contributed by atoms with Crippen LogP contribution in [0.3, 0.4) is 0 Å². The summed E-state index contributed by atoms with van der Waals surface area (Å²) in [5.41, 5.74) is 12.8. The molecule has 1 fully saturated rings. The minimum Gasteiger partial charge on any atom is -0.231 e. The third-order valence-corrected chi connectivity index (χ3v) is 13.3. The van der Waals surface area contributed by atoms with E-state index in [2.05, 4.69) is 117 Å². The van der Waals surface area contributed by atoms with E-state index in [1.54, 1.807) is 11.1 Å². The molecule has 3 unspecified atom stereocenters. The van der Waals surface area contributed by atoms with Crippen LogP contribution in [-0.4, -0.2) is 9.97 Å². The number of rotatable bonds is 2. The Balaban J connectivity index is 1.19. The minimum atomic E-state index is 0.100. The van der Waals surface area contributed by atoms with Crippen molar-refractivity contribution < 1.29 is 0 Å². The van der Waals surface area contributed by atoms with Crippen molar-refractivity contribution in [1.82, 2.24) is 9.97 Å². The largest absolute Gasteiger partial charge is 0.231 e. The molecule has 0 amide bonds. The van der Waals surface area contributed by atoms with Crippen LogP contribution >= 0.6 is 11.3 Å². The lowest BCUT2D eigenvalue weighted by molar-refractivity contribution is 0.345. The summed E-state index contributed by atoms with van der Waals surface area (Å²) in [6.45, 7) is 4.93. The van der Waals surface area contributed by atoms with Gasteiger partial charge < -0.3 is 0 Å². The molecule has 1 spiro atoms. The number of allylic oxidation sites excluding steroid dienone is 8. The molecule has 2 heterocycles. The minimum absolute atomic E-state index is 0.100. The number of thiophene rings is 1. The van der Waals surface area contributed by atoms with Gasteiger partial charge in [0.2, 0.25) is 0 Å². The molecule has 5 aliphatic carbocycles. The van der Waals surface area contributed by atoms with Gasteiger partial charge in [0.25, 0.3) is 0 Å². The maximum absolute atomic E-state index is 5.41. The molecule has 2 nitrogen and oxygen atoms in total. The molecule has 5 aliphatic rings. The first-order valence-corrected chi connectivity index (χ1v) is 18.1. The van der Waals surface area contributed by atoms with Crippen molar-refractivity contribution in [3.63, 3.8) is 0 Å². The van der Waals surface area contributed by atoms with Gasteiger partial charge in [-0.25, -0.2) is 9.97 Å². The van der Waals surface area contributed by atoms with Gasteiger partial charge in [-0.1, -0.05) is 124 Å². The predicted molar refractivity (Wildman–Crippen MR) is 193 cm³/mol. The molecule has 226 valence electrons. The number of hydrogen-bond acceptors (Lipinski definition) is 3. The fourth-order valence-corrected chi connectivity index (χ4v) is 11.0. The fourth-order valence-electron chi connectivity index (χ4n) is 9.81. The zero-order valence-electron chi connectivity index (χ0n) is 26.6. The molecule has 0 radical (unpaired) electrons. The highest BCUT2D eigenvalue weighted by molar-refractivity contribution is 7.26. The Bertz CT molecular complexity index is 2220. The molecule has 5 aromatic rings. The van der Waals surface area contributed by atoms with E-state index < -0.39 is 0 Å². The van der Waals surface area contributed by atoms with Gasteiger partial charge >= 0.3 is 0 Å². The monoisotopic (exact) mass is 614 g/mol. The van der Waals surface area contributed by atoms with Crippen LogP contribution in [0.15, 0.2) is 109 Å². The zero-order chi connectivity index (χ0) is 30.6. The second-order valence-corrected chi connectivity index (χ2v) is 15.8. The summed E-state index contributed by atoms with van der Waals surface area (Å²) >= 11 is 1.84. The standard InChI is InChI=1S/C43H38N2S/c1-42(2)33-17-9-7-15-28(33)31-25-36-32(24-35(31)42)30-23-27(19-20-34(30)43(36)21-11-4-12-22-43)38-40-39(29-16-8-10-18-37(29)46-40)45-41(44-38)26-13-5-3-6-14-26/h3,5-10,13,15-20,23-26,31,35H,4,11-12,14,21-22H2,1-2H3. The quantitative estimate of drug-likeness (QED) is 0.198. The van der Waals surface area contributed by atoms with E-state index in [1.807, 2.05) is 11.3 Å². The summed E-state index contributed by atoms with van der Waals surface area (Å²) in [7, 11) is 0. The van der Waals surface area contributed by atoms with Crippen LogP contribution in [0.2, 0.25) is 0 Å². The Kier molecular flexibility index (Phi) is 5.72. The second-order valence-electron chi connectivity index (χ2n) is 14.8. The van der Waals surface area contributed by atoms with Crippen molar-refractivity contribution in [3.05, 3.63) is 137 Å². The summed E-state index contributed by atoms with van der Waals surface area (Å²) in [5, 5.41) is 1.24. The van der Waals surface area contributed by atoms with Gasteiger partial charge in [0, 0.05) is 32.9 Å². The molecule has 46 heavy (non-hydrogen) atoms. The zero-order valence-corrected chi connectivity index (χ0v) is 27.4. The van der Waals surface area contributed by atoms with Gasteiger partial charge in [0.1, 0.15) is 5.82 Å². The SMILES string of the molecule is CC1(C)c2ccccc2C2C=C3C(=CC21)c1cc(-c2nc(C4C=CC=CC4)nc4c2sc2ccccc24)ccc1C31CCCCC1. The molecule has 1 saturated carbocycles. The van der Waals surface area contributed by atoms with Crippen LogP contribution < -0.4 is 0 Å². The van der Waals surface area contributed by atoms with E-state index in [-0.39, 0.29) is 16.7 Å². The lowest BCUT2D eigenvalue weighted by Gasteiger charge is -2.39. The molecule has 3 atom stereocenters. The van der Waals surface area contributed by atoms with Crippen molar-refractivity contribution in [1.29, 1.82) is 0 Å². The van der Waals surface area contributed by atoms with Crippen LogP contribution in [0.1, 0.15) is 92.3 Å². The molecular weight excluding hydrogens is 577 g/mol. The van der Waals surface area contributed by atoms with Crippen molar-refractivity contribution in [2.45, 2.75) is 75.0 Å². The maximum atomic E-state index is 5.41. The lowest BCUT2D eigenvalue weighted by atomic mass is 9.64. The predicted octanol–water partition coefficient (Wildman–Crippen LogP) is 11.3. The van der Waals surface area contributed by atoms with E-state index in [0.29, 0.717) is 11.8 Å². The molecule has 2 aromatic heterocycles. The fraction of sp³-hybridized carbons (Fsp3) is 0.302. The second kappa shape index (κ2) is 9.72. The van der Waals surface area contributed by atoms with Gasteiger partial charge in [-0.3, -0.25) is 0 Å². The van der Waals surface area contributed by atoms with Crippen molar-refractivity contribution >= 4 is 37.2 Å². The average Bonchev–Trinajstić information content (AvgIpc) is 3.68. The third-order valence-electron chi connectivity index (χ3n) is 12.1. The van der Waals surface area contributed by atoms with Gasteiger partial charge in [-0.15, -0.1) is 11.3 Å². The normalized spacial score (nSPS) is 24.9. The third kappa shape index (κ3) is 3.64. The lowest BCUT2D eigenvalue weighted by Crippen LogP contribution is -2.31. The molecule has 10 rings (SSSR count). The average molecular weight is 615 g/mol. The molecule has 0 saturated heterocycles. The molecule has 3 heteroatoms. The van der Waals surface area contributed by atoms with Crippen LogP contribution in [0.5, 0.6) is 0 Å². The first kappa shape index (κ1) is 27.1. The van der Waals surface area contributed by atoms with Crippen molar-refractivity contribution in [3.8, 4) is 11.3 Å². The Morgan fingerprint density at radius 2 is 1.67 bits per heavy atom. The molecule has 0 N–H and O–H groups in total. The van der Waals surface area contributed by atoms with Crippen LogP contribution in [-0.2, 0) is 10.8 Å². The van der Waals surface area contributed by atoms with Gasteiger partial charge in [0.15, 0.2) is 0 Å². The van der Waals surface area contributed by atoms with E-state index in [1.165, 1.54) is 74.7 Å². The van der Waals surface area contributed by atoms with Crippen molar-refractivity contribution in [2.24, 2.45) is 5.92 Å². The summed E-state index contributed by atoms with van der Waals surface area (Å²) < 4.78 is 2.48. The van der Waals surface area contributed by atoms with E-state index >= 15 is 0 Å². The smallest absolute Gasteiger partial charge is 0.136 e. The summed E-state index contributed by atoms with van der Waals surface area (Å²) in [6.07, 6.45) is 21.6. The highest BCUT2D eigenvalue weighted by Crippen LogP contribution is 2.63. The summed E-state index contributed by atoms with van der Waals surface area (Å²) in [6, 6.07) is 25.4. The first-order chi connectivity index (χ1) is 22.5. The Morgan fingerprint density at radius 3 is 2.54 bits per heavy atom. The van der Waals surface area contributed by atoms with Gasteiger partial charge in [-0.2, -0.15) is 0 Å².